The van der Waals surface area contributed by atoms with Crippen LogP contribution in [0.2, 0.25) is 0 Å². The Morgan fingerprint density at radius 2 is 2.08 bits per heavy atom. The van der Waals surface area contributed by atoms with Crippen molar-refractivity contribution in [3.8, 4) is 0 Å². The summed E-state index contributed by atoms with van der Waals surface area (Å²) in [7, 11) is 0. The number of aliphatic imine (C=N–C) groups is 1. The summed E-state index contributed by atoms with van der Waals surface area (Å²) in [4.78, 5) is 3.95. The zero-order chi connectivity index (χ0) is 9.14. The Labute approximate surface area is 86.7 Å². The number of hydrogen-bond donors (Lipinski definition) is 0. The van der Waals surface area contributed by atoms with Crippen molar-refractivity contribution in [2.75, 3.05) is 0 Å². The third kappa shape index (κ3) is 2.51. The van der Waals surface area contributed by atoms with Crippen molar-refractivity contribution in [3.63, 3.8) is 0 Å². The highest BCUT2D eigenvalue weighted by Gasteiger charge is 2.09. The third-order valence-electron chi connectivity index (χ3n) is 1.58. The normalized spacial score (nSPS) is 18.7. The largest absolute Gasteiger partial charge is 0.224 e. The molecule has 0 aromatic carbocycles. The van der Waals surface area contributed by atoms with Crippen molar-refractivity contribution in [2.45, 2.75) is 19.8 Å². The molecule has 0 saturated heterocycles. The van der Waals surface area contributed by atoms with E-state index in [1.54, 1.807) is 6.08 Å². The number of halogens is 3. The van der Waals surface area contributed by atoms with Crippen LogP contribution in [0.25, 0.3) is 0 Å². The summed E-state index contributed by atoms with van der Waals surface area (Å²) in [6.07, 6.45) is 3.11. The van der Waals surface area contributed by atoms with E-state index in [-0.39, 0.29) is 0 Å². The van der Waals surface area contributed by atoms with Gasteiger partial charge in [0.2, 0.25) is 0 Å². The highest BCUT2D eigenvalue weighted by molar-refractivity contribution is 6.69. The first-order valence-electron chi connectivity index (χ1n) is 3.61. The van der Waals surface area contributed by atoms with Gasteiger partial charge in [0.15, 0.2) is 0 Å². The molecule has 0 bridgehead atoms. The lowest BCUT2D eigenvalue weighted by Crippen LogP contribution is -1.82. The summed E-state index contributed by atoms with van der Waals surface area (Å²) in [5.74, 6) is 0. The lowest BCUT2D eigenvalue weighted by atomic mass is 10.1. The molecule has 1 rings (SSSR count). The number of allylic oxidation sites excluding steroid dienone is 3. The van der Waals surface area contributed by atoms with Crippen molar-refractivity contribution in [1.29, 1.82) is 0 Å². The summed E-state index contributed by atoms with van der Waals surface area (Å²) in [6, 6.07) is 0. The Morgan fingerprint density at radius 1 is 1.42 bits per heavy atom. The fraction of sp³-hybridized carbons (Fsp3) is 0.375. The van der Waals surface area contributed by atoms with Crippen LogP contribution < -0.4 is 0 Å². The SMILES string of the molecule is CCC1=C(Cl)N=C(Cl)C=C(Cl)C1. The van der Waals surface area contributed by atoms with Crippen LogP contribution in [0.5, 0.6) is 0 Å². The summed E-state index contributed by atoms with van der Waals surface area (Å²) in [6.45, 7) is 2.01. The summed E-state index contributed by atoms with van der Waals surface area (Å²) >= 11 is 17.4. The lowest BCUT2D eigenvalue weighted by molar-refractivity contribution is 1.01. The first-order chi connectivity index (χ1) is 5.63. The second kappa shape index (κ2) is 4.31. The molecule has 0 spiro atoms. The molecule has 0 saturated carbocycles. The standard InChI is InChI=1S/C8H8Cl3N/c1-2-5-3-6(9)4-7(10)12-8(5)11/h4H,2-3H2,1H3. The van der Waals surface area contributed by atoms with Crippen LogP contribution in [0.4, 0.5) is 0 Å². The van der Waals surface area contributed by atoms with E-state index in [4.69, 9.17) is 34.8 Å². The molecule has 0 unspecified atom stereocenters. The Hall–Kier alpha value is 0.0200. The fourth-order valence-corrected chi connectivity index (χ4v) is 1.80. The van der Waals surface area contributed by atoms with Crippen LogP contribution in [-0.4, -0.2) is 5.17 Å². The first-order valence-corrected chi connectivity index (χ1v) is 4.74. The van der Waals surface area contributed by atoms with E-state index in [9.17, 15) is 0 Å². The molecule has 0 radical (unpaired) electrons. The van der Waals surface area contributed by atoms with Gasteiger partial charge in [0.05, 0.1) is 0 Å². The van der Waals surface area contributed by atoms with E-state index in [0.29, 0.717) is 21.8 Å². The van der Waals surface area contributed by atoms with Gasteiger partial charge in [-0.3, -0.25) is 0 Å². The van der Waals surface area contributed by atoms with E-state index in [2.05, 4.69) is 4.99 Å². The number of rotatable bonds is 1. The molecule has 1 aliphatic heterocycles. The molecule has 0 fully saturated rings. The topological polar surface area (TPSA) is 12.4 Å². The predicted molar refractivity (Wildman–Crippen MR) is 55.0 cm³/mol. The molecule has 66 valence electrons. The van der Waals surface area contributed by atoms with Crippen LogP contribution in [0.1, 0.15) is 19.8 Å². The molecular formula is C8H8Cl3N. The highest BCUT2D eigenvalue weighted by atomic mass is 35.5. The van der Waals surface area contributed by atoms with Gasteiger partial charge < -0.3 is 0 Å². The number of nitrogens with zero attached hydrogens (tertiary/aromatic N) is 1. The van der Waals surface area contributed by atoms with Crippen molar-refractivity contribution >= 4 is 40.0 Å². The van der Waals surface area contributed by atoms with E-state index in [1.807, 2.05) is 6.92 Å². The molecule has 0 atom stereocenters. The van der Waals surface area contributed by atoms with E-state index < -0.39 is 0 Å². The zero-order valence-corrected chi connectivity index (χ0v) is 8.84. The van der Waals surface area contributed by atoms with Gasteiger partial charge in [-0.25, -0.2) is 4.99 Å². The monoisotopic (exact) mass is 223 g/mol. The fourth-order valence-electron chi connectivity index (χ4n) is 0.933. The molecule has 4 heteroatoms. The van der Waals surface area contributed by atoms with Crippen molar-refractivity contribution in [2.24, 2.45) is 4.99 Å². The Bertz CT molecular complexity index is 276. The molecule has 0 aromatic heterocycles. The molecule has 1 heterocycles. The van der Waals surface area contributed by atoms with Gasteiger partial charge in [0.1, 0.15) is 10.3 Å². The average molecular weight is 225 g/mol. The van der Waals surface area contributed by atoms with Crippen molar-refractivity contribution < 1.29 is 0 Å². The van der Waals surface area contributed by atoms with Crippen LogP contribution in [0.15, 0.2) is 26.8 Å². The molecule has 0 amide bonds. The third-order valence-corrected chi connectivity index (χ3v) is 2.37. The predicted octanol–water partition coefficient (Wildman–Crippen LogP) is 4.01. The van der Waals surface area contributed by atoms with E-state index >= 15 is 0 Å². The second-order valence-corrected chi connectivity index (χ2v) is 3.68. The second-order valence-electron chi connectivity index (χ2n) is 2.45. The maximum Gasteiger partial charge on any atom is 0.131 e. The van der Waals surface area contributed by atoms with Gasteiger partial charge in [-0.15, -0.1) is 0 Å². The van der Waals surface area contributed by atoms with Gasteiger partial charge in [-0.1, -0.05) is 41.7 Å². The molecule has 12 heavy (non-hydrogen) atoms. The van der Waals surface area contributed by atoms with E-state index in [1.165, 1.54) is 0 Å². The molecular weight excluding hydrogens is 216 g/mol. The summed E-state index contributed by atoms with van der Waals surface area (Å²) in [5, 5.41) is 1.49. The van der Waals surface area contributed by atoms with E-state index in [0.717, 1.165) is 12.0 Å². The minimum absolute atomic E-state index is 0.341. The summed E-state index contributed by atoms with van der Waals surface area (Å²) < 4.78 is 0. The van der Waals surface area contributed by atoms with Crippen LogP contribution >= 0.6 is 34.8 Å². The van der Waals surface area contributed by atoms with Crippen LogP contribution in [0.3, 0.4) is 0 Å². The molecule has 0 aromatic rings. The number of hydrogen-bond acceptors (Lipinski definition) is 1. The molecule has 0 aliphatic carbocycles. The van der Waals surface area contributed by atoms with Gasteiger partial charge in [0, 0.05) is 11.5 Å². The maximum atomic E-state index is 5.86. The maximum absolute atomic E-state index is 5.86. The minimum Gasteiger partial charge on any atom is -0.224 e. The van der Waals surface area contributed by atoms with Crippen molar-refractivity contribution in [3.05, 3.63) is 21.8 Å². The molecule has 0 N–H and O–H groups in total. The van der Waals surface area contributed by atoms with Gasteiger partial charge >= 0.3 is 0 Å². The quantitative estimate of drug-likeness (QED) is 0.597. The minimum atomic E-state index is 0.341. The van der Waals surface area contributed by atoms with Gasteiger partial charge in [-0.2, -0.15) is 0 Å². The van der Waals surface area contributed by atoms with Gasteiger partial charge in [0.25, 0.3) is 0 Å². The first kappa shape index (κ1) is 10.1. The lowest BCUT2D eigenvalue weighted by Gasteiger charge is -2.00. The Balaban J connectivity index is 3.02. The van der Waals surface area contributed by atoms with Crippen LogP contribution in [-0.2, 0) is 0 Å². The molecule has 1 nitrogen and oxygen atoms in total. The van der Waals surface area contributed by atoms with Crippen LogP contribution in [0, 0.1) is 0 Å². The zero-order valence-electron chi connectivity index (χ0n) is 6.57. The molecule has 1 aliphatic rings. The van der Waals surface area contributed by atoms with Crippen molar-refractivity contribution in [1.82, 2.24) is 0 Å². The Kier molecular flexibility index (Phi) is 3.63. The average Bonchev–Trinajstić information content (AvgIpc) is 2.09. The smallest absolute Gasteiger partial charge is 0.131 e. The highest BCUT2D eigenvalue weighted by Crippen LogP contribution is 2.27. The Morgan fingerprint density at radius 3 is 2.67 bits per heavy atom. The van der Waals surface area contributed by atoms with Gasteiger partial charge in [-0.05, 0) is 18.1 Å². The summed E-state index contributed by atoms with van der Waals surface area (Å²) in [5.41, 5.74) is 1.02.